The summed E-state index contributed by atoms with van der Waals surface area (Å²) in [6, 6.07) is 0. The fourth-order valence-corrected chi connectivity index (χ4v) is 8.63. The van der Waals surface area contributed by atoms with Crippen LogP contribution in [0.25, 0.3) is 22.3 Å². The molecule has 4 aliphatic heterocycles. The van der Waals surface area contributed by atoms with Gasteiger partial charge in [-0.15, -0.1) is 0 Å². The van der Waals surface area contributed by atoms with Gasteiger partial charge in [0, 0.05) is 0 Å². The zero-order valence-corrected chi connectivity index (χ0v) is 23.8. The molecule has 4 aliphatic rings. The molecular weight excluding hydrogens is 634 g/mol. The Kier molecular flexibility index (Phi) is 6.11. The molecule has 2 bridgehead atoms. The van der Waals surface area contributed by atoms with Crippen LogP contribution in [0, 0.1) is 0 Å². The van der Waals surface area contributed by atoms with E-state index in [1.807, 2.05) is 0 Å². The summed E-state index contributed by atoms with van der Waals surface area (Å²) in [7, 11) is -11.2. The molecule has 8 heterocycles. The van der Waals surface area contributed by atoms with Crippen LogP contribution in [0.5, 0.6) is 0 Å². The second-order valence-electron chi connectivity index (χ2n) is 10.4. The summed E-state index contributed by atoms with van der Waals surface area (Å²) in [5.41, 5.74) is 12.5. The number of imidazole rings is 2. The maximum absolute atomic E-state index is 13.9. The number of nitrogens with two attached hydrogens (primary N) is 2. The number of aliphatic hydroxyl groups excluding tert-OH is 1. The SMILES string of the molecule is Nc1ncnc2c1ncn2[C@@H]1O[C@@H]2COP(=O)([O-])O[C@@H]3[C@H](O)[C@@H](n4cnc5c(N)ncnc54)O[C@H]3COP3([O-])(O)O[C@H]2[C@H]1[OH+]3. The van der Waals surface area contributed by atoms with Crippen molar-refractivity contribution in [2.45, 2.75) is 49.1 Å². The Hall–Kier alpha value is -3.08. The van der Waals surface area contributed by atoms with Gasteiger partial charge in [-0.1, -0.05) is 0 Å². The average Bonchev–Trinajstić information content (AvgIpc) is 3.76. The Morgan fingerprint density at radius 2 is 1.52 bits per heavy atom. The van der Waals surface area contributed by atoms with Crippen LogP contribution in [0.2, 0.25) is 0 Å². The van der Waals surface area contributed by atoms with E-state index in [1.54, 1.807) is 0 Å². The van der Waals surface area contributed by atoms with E-state index in [9.17, 15) is 24.4 Å². The number of nitrogens with zero attached hydrogens (tertiary/aromatic N) is 8. The standard InChI is InChI=1S/C20H23N10O12P2/c21-15-9-17(25-3-23-15)29(5-27-9)19-11(31)12-8(38-19)2-37-44(34,35)41-13-7(1-36-43(32,33)40-12)39-20(14(13)42-44)30-6-28-10-16(22)24-4-26-18(10)30/h3-8,11-14,19-20,31,34H,1-2H2,(H,32,33)(H2,21,23,25)(H2,22,24,26)/q-1/t7-,8+,11+,12+,13-,14-,19+,20-/m1/s1. The van der Waals surface area contributed by atoms with Gasteiger partial charge in [-0.05, 0) is 0 Å². The summed E-state index contributed by atoms with van der Waals surface area (Å²) in [5, 5.41) is 11.2. The van der Waals surface area contributed by atoms with Gasteiger partial charge in [-0.3, -0.25) is 0 Å². The molecule has 8 rings (SSSR count). The molecule has 22 nitrogen and oxygen atoms in total. The van der Waals surface area contributed by atoms with Crippen LogP contribution in [0.4, 0.5) is 11.6 Å². The van der Waals surface area contributed by atoms with Crippen molar-refractivity contribution in [3.63, 3.8) is 0 Å². The number of hydrogen-bond acceptors (Lipinski definition) is 19. The van der Waals surface area contributed by atoms with Crippen LogP contribution in [0.3, 0.4) is 0 Å². The van der Waals surface area contributed by atoms with Crippen molar-refractivity contribution in [2.24, 2.45) is 0 Å². The zero-order chi connectivity index (χ0) is 30.6. The quantitative estimate of drug-likeness (QED) is 0.121. The van der Waals surface area contributed by atoms with E-state index in [2.05, 4.69) is 34.4 Å². The van der Waals surface area contributed by atoms with Crippen LogP contribution in [-0.4, -0.2) is 103 Å². The van der Waals surface area contributed by atoms with Crippen LogP contribution >= 0.6 is 15.6 Å². The van der Waals surface area contributed by atoms with E-state index in [0.29, 0.717) is 0 Å². The molecule has 4 aromatic heterocycles. The number of anilines is 2. The van der Waals surface area contributed by atoms with Gasteiger partial charge < -0.3 is 0 Å². The van der Waals surface area contributed by atoms with Crippen molar-refractivity contribution in [2.75, 3.05) is 24.7 Å². The second-order valence-corrected chi connectivity index (χ2v) is 14.0. The number of ether oxygens (including phenoxy) is 2. The fraction of sp³-hybridized carbons (Fsp3) is 0.500. The van der Waals surface area contributed by atoms with Gasteiger partial charge in [-0.25, -0.2) is 0 Å². The summed E-state index contributed by atoms with van der Waals surface area (Å²) < 4.78 is 52.8. The van der Waals surface area contributed by atoms with Gasteiger partial charge in [0.25, 0.3) is 0 Å². The Morgan fingerprint density at radius 3 is 2.18 bits per heavy atom. The van der Waals surface area contributed by atoms with Crippen LogP contribution < -0.4 is 21.3 Å². The van der Waals surface area contributed by atoms with Gasteiger partial charge in [0.05, 0.1) is 0 Å². The molecule has 0 aromatic carbocycles. The molecule has 0 aliphatic carbocycles. The van der Waals surface area contributed by atoms with Crippen molar-refractivity contribution < 1.29 is 56.4 Å². The van der Waals surface area contributed by atoms with Gasteiger partial charge >= 0.3 is 244 Å². The minimum atomic E-state index is -6.03. The molecule has 0 saturated carbocycles. The third kappa shape index (κ3) is 4.39. The van der Waals surface area contributed by atoms with Crippen LogP contribution in [0.1, 0.15) is 12.5 Å². The van der Waals surface area contributed by atoms with Crippen molar-refractivity contribution in [3.05, 3.63) is 25.3 Å². The summed E-state index contributed by atoms with van der Waals surface area (Å²) >= 11 is 0. The maximum atomic E-state index is 13.9. The summed E-state index contributed by atoms with van der Waals surface area (Å²) in [6.45, 7) is -1.53. The first kappa shape index (κ1) is 28.4. The average molecular weight is 657 g/mol. The van der Waals surface area contributed by atoms with E-state index in [1.165, 1.54) is 28.1 Å². The summed E-state index contributed by atoms with van der Waals surface area (Å²) in [4.78, 5) is 62.4. The Labute approximate surface area is 244 Å². The number of aromatic nitrogens is 8. The topological polar surface area (TPSA) is 311 Å². The molecular formula is C20H23N10O12P2-. The molecule has 236 valence electrons. The van der Waals surface area contributed by atoms with Crippen molar-refractivity contribution in [1.82, 2.24) is 39.0 Å². The first-order chi connectivity index (χ1) is 20.9. The first-order valence-electron chi connectivity index (χ1n) is 13.0. The van der Waals surface area contributed by atoms with E-state index >= 15 is 0 Å². The zero-order valence-electron chi connectivity index (χ0n) is 22.0. The van der Waals surface area contributed by atoms with Crippen molar-refractivity contribution >= 4 is 49.5 Å². The molecule has 4 fully saturated rings. The normalized spacial score (nSPS) is 39.0. The molecule has 9 atom stereocenters. The van der Waals surface area contributed by atoms with Gasteiger partial charge in [-0.2, -0.15) is 0 Å². The molecule has 4 saturated heterocycles. The molecule has 0 amide bonds. The molecule has 4 aromatic rings. The molecule has 0 spiro atoms. The van der Waals surface area contributed by atoms with E-state index < -0.39 is 77.9 Å². The van der Waals surface area contributed by atoms with Crippen molar-refractivity contribution in [1.29, 1.82) is 0 Å². The number of fused-ring (bicyclic) bond motifs is 4. The third-order valence-corrected chi connectivity index (χ3v) is 10.5. The number of aliphatic hydroxyl groups is 2. The number of nitrogen functional groups attached to an aromatic ring is 2. The number of rotatable bonds is 2. The second kappa shape index (κ2) is 9.47. The van der Waals surface area contributed by atoms with Gasteiger partial charge in [0.1, 0.15) is 0 Å². The van der Waals surface area contributed by atoms with Crippen molar-refractivity contribution in [3.8, 4) is 0 Å². The molecule has 1 unspecified atom stereocenters. The molecule has 24 heteroatoms. The summed E-state index contributed by atoms with van der Waals surface area (Å²) in [6.07, 6.45) is -6.22. The predicted molar refractivity (Wildman–Crippen MR) is 138 cm³/mol. The Morgan fingerprint density at radius 1 is 0.932 bits per heavy atom. The number of phosphoric acid groups is 1. The van der Waals surface area contributed by atoms with Gasteiger partial charge in [0.15, 0.2) is 0 Å². The Balaban J connectivity index is 1.13. The molecule has 0 radical (unpaired) electrons. The van der Waals surface area contributed by atoms with Gasteiger partial charge in [0.2, 0.25) is 0 Å². The van der Waals surface area contributed by atoms with Crippen LogP contribution in [-0.2, 0) is 32.1 Å². The summed E-state index contributed by atoms with van der Waals surface area (Å²) in [5.74, 6) is 0.129. The van der Waals surface area contributed by atoms with E-state index in [0.717, 1.165) is 6.33 Å². The van der Waals surface area contributed by atoms with E-state index in [-0.39, 0.29) is 34.0 Å². The predicted octanol–water partition coefficient (Wildman–Crippen LogP) is -3.34. The molecule has 44 heavy (non-hydrogen) atoms. The number of hydrogen-bond donors (Lipinski definition) is 4. The first-order valence-corrected chi connectivity index (χ1v) is 16.3. The molecule has 7 N–H and O–H groups in total. The third-order valence-electron chi connectivity index (χ3n) is 7.68. The minimum absolute atomic E-state index is 0.0511. The Bertz CT molecular complexity index is 1840. The fourth-order valence-electron chi connectivity index (χ4n) is 5.73. The number of phosphoric ester groups is 1. The van der Waals surface area contributed by atoms with E-state index in [4.69, 9.17) is 39.0 Å². The monoisotopic (exact) mass is 657 g/mol. The van der Waals surface area contributed by atoms with Crippen LogP contribution in [0.15, 0.2) is 25.3 Å².